The molecule has 0 heterocycles. The lowest BCUT2D eigenvalue weighted by molar-refractivity contribution is -0.386. The molecule has 0 aliphatic rings. The molecule has 130 valence electrons. The predicted molar refractivity (Wildman–Crippen MR) is 96.5 cm³/mol. The summed E-state index contributed by atoms with van der Waals surface area (Å²) in [5, 5.41) is 29.6. The van der Waals surface area contributed by atoms with Crippen molar-refractivity contribution in [1.82, 2.24) is 0 Å². The van der Waals surface area contributed by atoms with Gasteiger partial charge in [-0.1, -0.05) is 39.3 Å². The number of methoxy groups -OCH3 is 1. The standard InChI is InChI=1S/C7H6BrNO3.C6H4BrNO3.CH4/c1-12-7-3-2-5(8)4-6(7)9(10)11;7-4-1-2-6(9)5(3-4)8(10)11;/h2-4H,1H3;1-3,9H;1H4. The van der Waals surface area contributed by atoms with E-state index < -0.39 is 9.85 Å². The maximum Gasteiger partial charge on any atom is 0.312 e. The second-order valence-electron chi connectivity index (χ2n) is 3.96. The van der Waals surface area contributed by atoms with Gasteiger partial charge < -0.3 is 9.84 Å². The number of hydrogen-bond acceptors (Lipinski definition) is 6. The second kappa shape index (κ2) is 9.83. The molecule has 2 aromatic carbocycles. The van der Waals surface area contributed by atoms with E-state index in [4.69, 9.17) is 9.84 Å². The third-order valence-corrected chi connectivity index (χ3v) is 3.46. The first-order chi connectivity index (χ1) is 10.8. The van der Waals surface area contributed by atoms with Gasteiger partial charge in [0, 0.05) is 21.1 Å². The van der Waals surface area contributed by atoms with E-state index in [0.29, 0.717) is 8.95 Å². The summed E-state index contributed by atoms with van der Waals surface area (Å²) in [5.41, 5.74) is -0.328. The van der Waals surface area contributed by atoms with Crippen LogP contribution in [0, 0.1) is 20.2 Å². The molecule has 0 spiro atoms. The number of aromatic hydroxyl groups is 1. The van der Waals surface area contributed by atoms with Crippen molar-refractivity contribution in [3.8, 4) is 11.5 Å². The molecule has 0 atom stereocenters. The van der Waals surface area contributed by atoms with Gasteiger partial charge in [0.2, 0.25) is 0 Å². The molecule has 0 aliphatic heterocycles. The minimum Gasteiger partial charge on any atom is -0.502 e. The summed E-state index contributed by atoms with van der Waals surface area (Å²) in [7, 11) is 1.40. The minimum atomic E-state index is -0.639. The van der Waals surface area contributed by atoms with Crippen LogP contribution in [0.4, 0.5) is 11.4 Å². The Kier molecular flexibility index (Phi) is 8.93. The van der Waals surface area contributed by atoms with Crippen LogP contribution in [0.15, 0.2) is 45.3 Å². The lowest BCUT2D eigenvalue weighted by Crippen LogP contribution is -1.92. The maximum atomic E-state index is 10.4. The van der Waals surface area contributed by atoms with Crippen LogP contribution in [0.5, 0.6) is 11.5 Å². The molecular formula is C14H14Br2N2O6. The van der Waals surface area contributed by atoms with Gasteiger partial charge in [-0.15, -0.1) is 0 Å². The topological polar surface area (TPSA) is 116 Å². The highest BCUT2D eigenvalue weighted by Crippen LogP contribution is 2.29. The van der Waals surface area contributed by atoms with Crippen molar-refractivity contribution in [3.05, 3.63) is 65.6 Å². The SMILES string of the molecule is C.COc1ccc(Br)cc1[N+](=O)[O-].O=[N+]([O-])c1cc(Br)ccc1O. The number of nitro groups is 2. The number of nitrogens with zero attached hydrogens (tertiary/aromatic N) is 2. The molecule has 0 aromatic heterocycles. The molecule has 0 saturated heterocycles. The van der Waals surface area contributed by atoms with Crippen molar-refractivity contribution in [3.63, 3.8) is 0 Å². The van der Waals surface area contributed by atoms with Gasteiger partial charge in [0.25, 0.3) is 0 Å². The first-order valence-electron chi connectivity index (χ1n) is 5.87. The molecule has 0 aliphatic carbocycles. The van der Waals surface area contributed by atoms with Crippen LogP contribution in [-0.4, -0.2) is 22.1 Å². The summed E-state index contributed by atoms with van der Waals surface area (Å²) in [5.74, 6) is -0.0543. The number of hydrogen-bond donors (Lipinski definition) is 1. The largest absolute Gasteiger partial charge is 0.502 e. The number of rotatable bonds is 3. The van der Waals surface area contributed by atoms with E-state index in [9.17, 15) is 20.2 Å². The first-order valence-corrected chi connectivity index (χ1v) is 7.45. The molecule has 0 radical (unpaired) electrons. The molecule has 0 saturated carbocycles. The summed E-state index contributed by atoms with van der Waals surface area (Å²) in [6.07, 6.45) is 0. The van der Waals surface area contributed by atoms with Crippen LogP contribution in [-0.2, 0) is 0 Å². The monoisotopic (exact) mass is 464 g/mol. The van der Waals surface area contributed by atoms with E-state index in [0.717, 1.165) is 0 Å². The van der Waals surface area contributed by atoms with Crippen LogP contribution >= 0.6 is 31.9 Å². The van der Waals surface area contributed by atoms with Gasteiger partial charge in [-0.3, -0.25) is 20.2 Å². The Labute approximate surface area is 154 Å². The van der Waals surface area contributed by atoms with Crippen molar-refractivity contribution >= 4 is 43.2 Å². The van der Waals surface area contributed by atoms with Gasteiger partial charge in [-0.2, -0.15) is 0 Å². The van der Waals surface area contributed by atoms with E-state index >= 15 is 0 Å². The normalized spacial score (nSPS) is 9.12. The van der Waals surface area contributed by atoms with Crippen LogP contribution in [0.25, 0.3) is 0 Å². The second-order valence-corrected chi connectivity index (χ2v) is 5.79. The van der Waals surface area contributed by atoms with Crippen LogP contribution in [0.3, 0.4) is 0 Å². The van der Waals surface area contributed by atoms with E-state index in [-0.39, 0.29) is 30.3 Å². The zero-order valence-electron chi connectivity index (χ0n) is 11.6. The molecule has 0 unspecified atom stereocenters. The van der Waals surface area contributed by atoms with Gasteiger partial charge in [0.15, 0.2) is 11.5 Å². The summed E-state index contributed by atoms with van der Waals surface area (Å²) < 4.78 is 6.03. The summed E-state index contributed by atoms with van der Waals surface area (Å²) in [4.78, 5) is 19.5. The van der Waals surface area contributed by atoms with Gasteiger partial charge >= 0.3 is 11.4 Å². The number of nitro benzene ring substituents is 2. The van der Waals surface area contributed by atoms with Crippen molar-refractivity contribution in [2.75, 3.05) is 7.11 Å². The average molecular weight is 466 g/mol. The highest BCUT2D eigenvalue weighted by atomic mass is 79.9. The molecule has 0 fully saturated rings. The van der Waals surface area contributed by atoms with Crippen molar-refractivity contribution < 1.29 is 19.7 Å². The third kappa shape index (κ3) is 6.13. The van der Waals surface area contributed by atoms with Gasteiger partial charge in [-0.05, 0) is 24.3 Å². The van der Waals surface area contributed by atoms with Gasteiger partial charge in [0.1, 0.15) is 0 Å². The Morgan fingerprint density at radius 2 is 1.42 bits per heavy atom. The smallest absolute Gasteiger partial charge is 0.312 e. The predicted octanol–water partition coefficient (Wildman–Crippen LogP) is 5.06. The lowest BCUT2D eigenvalue weighted by Gasteiger charge is -2.00. The molecule has 0 amide bonds. The Morgan fingerprint density at radius 1 is 0.958 bits per heavy atom. The minimum absolute atomic E-state index is 0. The molecule has 0 bridgehead atoms. The third-order valence-electron chi connectivity index (χ3n) is 2.47. The summed E-state index contributed by atoms with van der Waals surface area (Å²) in [6, 6.07) is 8.67. The molecule has 24 heavy (non-hydrogen) atoms. The summed E-state index contributed by atoms with van der Waals surface area (Å²) >= 11 is 6.18. The quantitative estimate of drug-likeness (QED) is 0.499. The van der Waals surface area contributed by atoms with Crippen molar-refractivity contribution in [2.45, 2.75) is 7.43 Å². The number of phenolic OH excluding ortho intramolecular Hbond substituents is 1. The average Bonchev–Trinajstić information content (AvgIpc) is 2.50. The van der Waals surface area contributed by atoms with Crippen LogP contribution in [0.2, 0.25) is 0 Å². The maximum absolute atomic E-state index is 10.4. The molecular weight excluding hydrogens is 452 g/mol. The number of ether oxygens (including phenoxy) is 1. The molecule has 1 N–H and O–H groups in total. The van der Waals surface area contributed by atoms with E-state index in [1.807, 2.05) is 0 Å². The van der Waals surface area contributed by atoms with E-state index in [2.05, 4.69) is 31.9 Å². The molecule has 10 heteroatoms. The molecule has 8 nitrogen and oxygen atoms in total. The fraction of sp³-hybridized carbons (Fsp3) is 0.143. The van der Waals surface area contributed by atoms with Crippen LogP contribution in [0.1, 0.15) is 7.43 Å². The highest BCUT2D eigenvalue weighted by molar-refractivity contribution is 9.10. The number of phenols is 1. The van der Waals surface area contributed by atoms with Crippen molar-refractivity contribution in [1.29, 1.82) is 0 Å². The summed E-state index contributed by atoms with van der Waals surface area (Å²) in [6.45, 7) is 0. The zero-order chi connectivity index (χ0) is 17.6. The highest BCUT2D eigenvalue weighted by Gasteiger charge is 2.14. The van der Waals surface area contributed by atoms with Crippen molar-refractivity contribution in [2.24, 2.45) is 0 Å². The fourth-order valence-corrected chi connectivity index (χ4v) is 2.15. The Balaban J connectivity index is 0.000000425. The van der Waals surface area contributed by atoms with Crippen LogP contribution < -0.4 is 4.74 Å². The lowest BCUT2D eigenvalue weighted by atomic mass is 10.3. The molecule has 2 aromatic rings. The van der Waals surface area contributed by atoms with E-state index in [1.165, 1.54) is 31.4 Å². The number of halogens is 2. The number of benzene rings is 2. The van der Waals surface area contributed by atoms with E-state index in [1.54, 1.807) is 12.1 Å². The molecule has 2 rings (SSSR count). The zero-order valence-corrected chi connectivity index (χ0v) is 14.8. The Bertz CT molecular complexity index is 739. The van der Waals surface area contributed by atoms with Gasteiger partial charge in [0.05, 0.1) is 17.0 Å². The fourth-order valence-electron chi connectivity index (χ4n) is 1.45. The van der Waals surface area contributed by atoms with Gasteiger partial charge in [-0.25, -0.2) is 0 Å². The Morgan fingerprint density at radius 3 is 1.83 bits per heavy atom. The first kappa shape index (κ1) is 21.8. The Hall–Kier alpha value is -2.20.